The lowest BCUT2D eigenvalue weighted by Gasteiger charge is -2.26. The van der Waals surface area contributed by atoms with Crippen molar-refractivity contribution < 1.29 is 9.32 Å². The van der Waals surface area contributed by atoms with Gasteiger partial charge < -0.3 is 9.09 Å². The Labute approximate surface area is 146 Å². The first-order chi connectivity index (χ1) is 11.5. The first-order valence-corrected chi connectivity index (χ1v) is 9.44. The van der Waals surface area contributed by atoms with E-state index in [1.54, 1.807) is 6.07 Å². The molecule has 2 heterocycles. The second-order valence-electron chi connectivity index (χ2n) is 6.40. The monoisotopic (exact) mass is 348 g/mol. The molecule has 0 atom stereocenters. The molecule has 1 fully saturated rings. The summed E-state index contributed by atoms with van der Waals surface area (Å²) in [7, 11) is 0. The van der Waals surface area contributed by atoms with Crippen molar-refractivity contribution in [1.82, 2.24) is 14.7 Å². The number of hydrogen-bond acceptors (Lipinski definition) is 5. The number of nitrogens with zero attached hydrogens (tertiary/aromatic N) is 3. The first-order valence-electron chi connectivity index (χ1n) is 8.46. The van der Waals surface area contributed by atoms with Gasteiger partial charge in [0.15, 0.2) is 5.16 Å². The number of hydrogen-bond donors (Lipinski definition) is 1. The number of rotatable bonds is 5. The normalized spacial score (nSPS) is 15.6. The lowest BCUT2D eigenvalue weighted by molar-refractivity contribution is -0.113. The SMILES string of the molecule is Cc1cc(NC(=O)CSc2nc(C)c(C)n2C2CCCCC2)on1. The average Bonchev–Trinajstić information content (AvgIpc) is 3.10. The zero-order valence-electron chi connectivity index (χ0n) is 14.5. The number of carbonyl (C=O) groups is 1. The highest BCUT2D eigenvalue weighted by Gasteiger charge is 2.22. The van der Waals surface area contributed by atoms with Gasteiger partial charge in [-0.25, -0.2) is 4.98 Å². The summed E-state index contributed by atoms with van der Waals surface area (Å²) in [6.45, 7) is 5.98. The number of imidazole rings is 1. The number of amides is 1. The molecule has 0 saturated heterocycles. The molecule has 0 aromatic carbocycles. The molecule has 0 unspecified atom stereocenters. The molecule has 2 aromatic rings. The van der Waals surface area contributed by atoms with Gasteiger partial charge in [-0.05, 0) is 33.6 Å². The fourth-order valence-electron chi connectivity index (χ4n) is 3.19. The van der Waals surface area contributed by atoms with Crippen molar-refractivity contribution >= 4 is 23.6 Å². The minimum Gasteiger partial charge on any atom is -0.338 e. The van der Waals surface area contributed by atoms with Crippen LogP contribution in [0.5, 0.6) is 0 Å². The number of anilines is 1. The molecule has 2 aromatic heterocycles. The lowest BCUT2D eigenvalue weighted by Crippen LogP contribution is -2.17. The number of carbonyl (C=O) groups excluding carboxylic acids is 1. The molecule has 130 valence electrons. The Morgan fingerprint density at radius 3 is 2.75 bits per heavy atom. The van der Waals surface area contributed by atoms with Crippen molar-refractivity contribution in [3.8, 4) is 0 Å². The highest BCUT2D eigenvalue weighted by molar-refractivity contribution is 7.99. The van der Waals surface area contributed by atoms with Crippen LogP contribution >= 0.6 is 11.8 Å². The van der Waals surface area contributed by atoms with Gasteiger partial charge in [0.25, 0.3) is 0 Å². The van der Waals surface area contributed by atoms with Gasteiger partial charge in [0.2, 0.25) is 11.8 Å². The molecule has 1 aliphatic rings. The summed E-state index contributed by atoms with van der Waals surface area (Å²) in [6, 6.07) is 2.22. The summed E-state index contributed by atoms with van der Waals surface area (Å²) in [4.78, 5) is 16.8. The molecule has 0 spiro atoms. The molecule has 1 aliphatic carbocycles. The molecule has 3 rings (SSSR count). The van der Waals surface area contributed by atoms with E-state index in [1.165, 1.54) is 49.6 Å². The van der Waals surface area contributed by atoms with Gasteiger partial charge in [0.05, 0.1) is 17.1 Å². The van der Waals surface area contributed by atoms with E-state index in [-0.39, 0.29) is 5.91 Å². The highest BCUT2D eigenvalue weighted by atomic mass is 32.2. The van der Waals surface area contributed by atoms with Crippen molar-refractivity contribution in [2.24, 2.45) is 0 Å². The fraction of sp³-hybridized carbons (Fsp3) is 0.588. The lowest BCUT2D eigenvalue weighted by atomic mass is 9.95. The quantitative estimate of drug-likeness (QED) is 0.826. The third kappa shape index (κ3) is 3.83. The molecular formula is C17H24N4O2S. The van der Waals surface area contributed by atoms with E-state index in [9.17, 15) is 4.79 Å². The molecule has 24 heavy (non-hydrogen) atoms. The van der Waals surface area contributed by atoms with Crippen LogP contribution in [-0.4, -0.2) is 26.4 Å². The zero-order valence-corrected chi connectivity index (χ0v) is 15.3. The first kappa shape index (κ1) is 17.1. The van der Waals surface area contributed by atoms with Crippen LogP contribution in [0.1, 0.15) is 55.2 Å². The van der Waals surface area contributed by atoms with Crippen molar-refractivity contribution in [3.63, 3.8) is 0 Å². The minimum absolute atomic E-state index is 0.107. The summed E-state index contributed by atoms with van der Waals surface area (Å²) in [5.41, 5.74) is 3.02. The maximum atomic E-state index is 12.1. The van der Waals surface area contributed by atoms with E-state index in [2.05, 4.69) is 26.9 Å². The second-order valence-corrected chi connectivity index (χ2v) is 7.34. The van der Waals surface area contributed by atoms with Crippen LogP contribution in [0.2, 0.25) is 0 Å². The molecule has 0 aliphatic heterocycles. The molecule has 0 bridgehead atoms. The standard InChI is InChI=1S/C17H24N4O2S/c1-11-9-16(23-20-11)19-15(22)10-24-17-18-12(2)13(3)21(17)14-7-5-4-6-8-14/h9,14H,4-8,10H2,1-3H3,(H,19,22). The molecule has 1 saturated carbocycles. The maximum absolute atomic E-state index is 12.1. The van der Waals surface area contributed by atoms with Crippen LogP contribution in [0.4, 0.5) is 5.88 Å². The Hall–Kier alpha value is -1.76. The summed E-state index contributed by atoms with van der Waals surface area (Å²) < 4.78 is 7.36. The van der Waals surface area contributed by atoms with E-state index in [4.69, 9.17) is 4.52 Å². The van der Waals surface area contributed by atoms with E-state index < -0.39 is 0 Å². The van der Waals surface area contributed by atoms with E-state index in [0.29, 0.717) is 17.7 Å². The molecular weight excluding hydrogens is 324 g/mol. The summed E-state index contributed by atoms with van der Waals surface area (Å²) in [5.74, 6) is 0.591. The minimum atomic E-state index is -0.107. The Bertz CT molecular complexity index is 716. The molecule has 6 nitrogen and oxygen atoms in total. The number of nitrogens with one attached hydrogen (secondary N) is 1. The van der Waals surface area contributed by atoms with Gasteiger partial charge in [-0.1, -0.05) is 36.2 Å². The molecule has 1 N–H and O–H groups in total. The van der Waals surface area contributed by atoms with E-state index in [1.807, 2.05) is 13.8 Å². The van der Waals surface area contributed by atoms with Gasteiger partial charge in [-0.3, -0.25) is 10.1 Å². The van der Waals surface area contributed by atoms with E-state index >= 15 is 0 Å². The smallest absolute Gasteiger partial charge is 0.237 e. The maximum Gasteiger partial charge on any atom is 0.237 e. The highest BCUT2D eigenvalue weighted by Crippen LogP contribution is 2.34. The van der Waals surface area contributed by atoms with E-state index in [0.717, 1.165) is 16.5 Å². The van der Waals surface area contributed by atoms with Crippen molar-refractivity contribution in [2.75, 3.05) is 11.1 Å². The third-order valence-electron chi connectivity index (χ3n) is 4.52. The molecule has 7 heteroatoms. The summed E-state index contributed by atoms with van der Waals surface area (Å²) in [6.07, 6.45) is 6.28. The van der Waals surface area contributed by atoms with Gasteiger partial charge in [0.1, 0.15) is 0 Å². The Morgan fingerprint density at radius 1 is 1.33 bits per heavy atom. The Morgan fingerprint density at radius 2 is 2.08 bits per heavy atom. The second kappa shape index (κ2) is 7.42. The van der Waals surface area contributed by atoms with Crippen molar-refractivity contribution in [3.05, 3.63) is 23.1 Å². The molecule has 1 amide bonds. The Kier molecular flexibility index (Phi) is 5.28. The van der Waals surface area contributed by atoms with Gasteiger partial charge in [-0.15, -0.1) is 0 Å². The number of aryl methyl sites for hydroxylation is 2. The average molecular weight is 348 g/mol. The van der Waals surface area contributed by atoms with Gasteiger partial charge >= 0.3 is 0 Å². The van der Waals surface area contributed by atoms with Crippen LogP contribution in [-0.2, 0) is 4.79 Å². The van der Waals surface area contributed by atoms with Crippen molar-refractivity contribution in [1.29, 1.82) is 0 Å². The van der Waals surface area contributed by atoms with Crippen LogP contribution in [0.15, 0.2) is 15.7 Å². The zero-order chi connectivity index (χ0) is 17.1. The van der Waals surface area contributed by atoms with Gasteiger partial charge in [-0.2, -0.15) is 0 Å². The third-order valence-corrected chi connectivity index (χ3v) is 5.47. The number of aromatic nitrogens is 3. The van der Waals surface area contributed by atoms with Crippen LogP contribution in [0.25, 0.3) is 0 Å². The van der Waals surface area contributed by atoms with Gasteiger partial charge in [0, 0.05) is 17.8 Å². The molecule has 0 radical (unpaired) electrons. The van der Waals surface area contributed by atoms with Crippen LogP contribution in [0, 0.1) is 20.8 Å². The largest absolute Gasteiger partial charge is 0.338 e. The van der Waals surface area contributed by atoms with Crippen LogP contribution < -0.4 is 5.32 Å². The Balaban J connectivity index is 1.66. The van der Waals surface area contributed by atoms with Crippen LogP contribution in [0.3, 0.4) is 0 Å². The predicted octanol–water partition coefficient (Wildman–Crippen LogP) is 4.03. The summed E-state index contributed by atoms with van der Waals surface area (Å²) >= 11 is 1.49. The topological polar surface area (TPSA) is 73.0 Å². The fourth-order valence-corrected chi connectivity index (χ4v) is 4.15. The number of thioether (sulfide) groups is 1. The van der Waals surface area contributed by atoms with Crippen molar-refractivity contribution in [2.45, 2.75) is 64.1 Å². The predicted molar refractivity (Wildman–Crippen MR) is 94.4 cm³/mol. The summed E-state index contributed by atoms with van der Waals surface area (Å²) in [5, 5.41) is 7.44.